The van der Waals surface area contributed by atoms with Crippen LogP contribution in [0.1, 0.15) is 12.8 Å². The van der Waals surface area contributed by atoms with Crippen molar-refractivity contribution in [1.29, 1.82) is 0 Å². The second kappa shape index (κ2) is 6.85. The Balaban J connectivity index is 0.000001000. The van der Waals surface area contributed by atoms with Crippen molar-refractivity contribution in [3.8, 4) is 0 Å². The lowest BCUT2D eigenvalue weighted by atomic mass is 10.0. The van der Waals surface area contributed by atoms with Gasteiger partial charge in [0, 0.05) is 19.8 Å². The molecule has 0 radical (unpaired) electrons. The first-order valence-electron chi connectivity index (χ1n) is 3.77. The molecule has 0 aliphatic carbocycles. The monoisotopic (exact) mass is 181 g/mol. The second-order valence-electron chi connectivity index (χ2n) is 2.61. The van der Waals surface area contributed by atoms with Crippen LogP contribution in [0, 0.1) is 5.92 Å². The highest BCUT2D eigenvalue weighted by molar-refractivity contribution is 5.85. The third kappa shape index (κ3) is 4.58. The average molecular weight is 182 g/mol. The SMILES string of the molecule is CONCC1CCOCC1.Cl. The highest BCUT2D eigenvalue weighted by atomic mass is 35.5. The molecule has 1 fully saturated rings. The van der Waals surface area contributed by atoms with Crippen LogP contribution < -0.4 is 5.48 Å². The molecule has 0 saturated carbocycles. The van der Waals surface area contributed by atoms with Crippen molar-refractivity contribution in [2.24, 2.45) is 5.92 Å². The largest absolute Gasteiger partial charge is 0.381 e. The van der Waals surface area contributed by atoms with Crippen LogP contribution in [-0.2, 0) is 9.57 Å². The van der Waals surface area contributed by atoms with Crippen LogP contribution in [0.25, 0.3) is 0 Å². The van der Waals surface area contributed by atoms with Crippen LogP contribution in [0.5, 0.6) is 0 Å². The third-order valence-corrected chi connectivity index (χ3v) is 1.86. The molecule has 1 N–H and O–H groups in total. The van der Waals surface area contributed by atoms with Gasteiger partial charge in [-0.05, 0) is 18.8 Å². The minimum atomic E-state index is 0. The molecule has 4 heteroatoms. The molecule has 0 amide bonds. The van der Waals surface area contributed by atoms with Gasteiger partial charge in [-0.15, -0.1) is 12.4 Å². The Hall–Kier alpha value is 0.170. The van der Waals surface area contributed by atoms with Crippen LogP contribution in [0.3, 0.4) is 0 Å². The lowest BCUT2D eigenvalue weighted by Crippen LogP contribution is -2.26. The van der Waals surface area contributed by atoms with Crippen molar-refractivity contribution in [1.82, 2.24) is 5.48 Å². The molecule has 1 aliphatic heterocycles. The zero-order valence-corrected chi connectivity index (χ0v) is 7.65. The van der Waals surface area contributed by atoms with E-state index in [1.165, 1.54) is 0 Å². The van der Waals surface area contributed by atoms with Gasteiger partial charge in [0.2, 0.25) is 0 Å². The average Bonchev–Trinajstić information content (AvgIpc) is 2.03. The summed E-state index contributed by atoms with van der Waals surface area (Å²) in [5.41, 5.74) is 2.86. The van der Waals surface area contributed by atoms with E-state index in [1.807, 2.05) is 0 Å². The van der Waals surface area contributed by atoms with Gasteiger partial charge < -0.3 is 9.57 Å². The molecule has 11 heavy (non-hydrogen) atoms. The van der Waals surface area contributed by atoms with Gasteiger partial charge in [0.15, 0.2) is 0 Å². The Morgan fingerprint density at radius 2 is 2.09 bits per heavy atom. The van der Waals surface area contributed by atoms with E-state index >= 15 is 0 Å². The normalized spacial score (nSPS) is 19.4. The van der Waals surface area contributed by atoms with Crippen molar-refractivity contribution in [2.75, 3.05) is 26.9 Å². The quantitative estimate of drug-likeness (QED) is 0.659. The van der Waals surface area contributed by atoms with E-state index in [1.54, 1.807) is 7.11 Å². The predicted octanol–water partition coefficient (Wildman–Crippen LogP) is 0.986. The minimum Gasteiger partial charge on any atom is -0.381 e. The first-order chi connectivity index (χ1) is 4.93. The molecule has 68 valence electrons. The number of hydrogen-bond acceptors (Lipinski definition) is 3. The van der Waals surface area contributed by atoms with E-state index in [4.69, 9.17) is 9.57 Å². The van der Waals surface area contributed by atoms with Crippen molar-refractivity contribution in [2.45, 2.75) is 12.8 Å². The van der Waals surface area contributed by atoms with Crippen LogP contribution >= 0.6 is 12.4 Å². The summed E-state index contributed by atoms with van der Waals surface area (Å²) in [6.07, 6.45) is 2.33. The summed E-state index contributed by atoms with van der Waals surface area (Å²) >= 11 is 0. The first kappa shape index (κ1) is 11.2. The Labute approximate surface area is 73.8 Å². The summed E-state index contributed by atoms with van der Waals surface area (Å²) in [5.74, 6) is 0.744. The molecule has 3 nitrogen and oxygen atoms in total. The maximum atomic E-state index is 5.21. The smallest absolute Gasteiger partial charge is 0.0572 e. The van der Waals surface area contributed by atoms with Gasteiger partial charge in [0.1, 0.15) is 0 Å². The molecule has 1 heterocycles. The number of ether oxygens (including phenoxy) is 1. The third-order valence-electron chi connectivity index (χ3n) is 1.86. The Morgan fingerprint density at radius 1 is 1.45 bits per heavy atom. The molecule has 1 rings (SSSR count). The van der Waals surface area contributed by atoms with Gasteiger partial charge in [0.05, 0.1) is 7.11 Å². The molecular weight excluding hydrogens is 166 g/mol. The fourth-order valence-electron chi connectivity index (χ4n) is 1.15. The second-order valence-corrected chi connectivity index (χ2v) is 2.61. The number of nitrogens with one attached hydrogen (secondary N) is 1. The van der Waals surface area contributed by atoms with Gasteiger partial charge >= 0.3 is 0 Å². The van der Waals surface area contributed by atoms with Crippen molar-refractivity contribution < 1.29 is 9.57 Å². The molecule has 0 aromatic heterocycles. The van der Waals surface area contributed by atoms with E-state index in [9.17, 15) is 0 Å². The molecule has 0 bridgehead atoms. The number of hydroxylamine groups is 1. The van der Waals surface area contributed by atoms with Gasteiger partial charge in [0.25, 0.3) is 0 Å². The summed E-state index contributed by atoms with van der Waals surface area (Å²) < 4.78 is 5.21. The molecule has 1 aliphatic rings. The van der Waals surface area contributed by atoms with E-state index in [0.29, 0.717) is 0 Å². The van der Waals surface area contributed by atoms with Crippen molar-refractivity contribution in [3.05, 3.63) is 0 Å². The van der Waals surface area contributed by atoms with Crippen molar-refractivity contribution in [3.63, 3.8) is 0 Å². The fraction of sp³-hybridized carbons (Fsp3) is 1.00. The topological polar surface area (TPSA) is 30.5 Å². The maximum absolute atomic E-state index is 5.21. The van der Waals surface area contributed by atoms with Crippen LogP contribution in [-0.4, -0.2) is 26.9 Å². The number of rotatable bonds is 3. The van der Waals surface area contributed by atoms with E-state index in [-0.39, 0.29) is 12.4 Å². The summed E-state index contributed by atoms with van der Waals surface area (Å²) in [4.78, 5) is 4.75. The maximum Gasteiger partial charge on any atom is 0.0572 e. The van der Waals surface area contributed by atoms with E-state index in [0.717, 1.165) is 38.5 Å². The highest BCUT2D eigenvalue weighted by Crippen LogP contribution is 2.12. The van der Waals surface area contributed by atoms with Crippen molar-refractivity contribution >= 4 is 12.4 Å². The molecule has 0 spiro atoms. The summed E-state index contributed by atoms with van der Waals surface area (Å²) in [7, 11) is 1.65. The molecule has 0 aromatic rings. The molecule has 1 saturated heterocycles. The molecular formula is C7H16ClNO2. The fourth-order valence-corrected chi connectivity index (χ4v) is 1.15. The summed E-state index contributed by atoms with van der Waals surface area (Å²) in [6, 6.07) is 0. The Bertz CT molecular complexity index is 86.5. The molecule has 0 atom stereocenters. The lowest BCUT2D eigenvalue weighted by Gasteiger charge is -2.21. The molecule has 0 aromatic carbocycles. The highest BCUT2D eigenvalue weighted by Gasteiger charge is 2.12. The van der Waals surface area contributed by atoms with Gasteiger partial charge in [-0.25, -0.2) is 5.48 Å². The number of halogens is 1. The zero-order valence-electron chi connectivity index (χ0n) is 6.84. The zero-order chi connectivity index (χ0) is 7.23. The standard InChI is InChI=1S/C7H15NO2.ClH/c1-9-8-6-7-2-4-10-5-3-7;/h7-8H,2-6H2,1H3;1H. The van der Waals surface area contributed by atoms with E-state index < -0.39 is 0 Å². The van der Waals surface area contributed by atoms with Crippen LogP contribution in [0.2, 0.25) is 0 Å². The van der Waals surface area contributed by atoms with Gasteiger partial charge in [-0.2, -0.15) is 0 Å². The predicted molar refractivity (Wildman–Crippen MR) is 45.8 cm³/mol. The summed E-state index contributed by atoms with van der Waals surface area (Å²) in [6.45, 7) is 2.78. The van der Waals surface area contributed by atoms with E-state index in [2.05, 4.69) is 5.48 Å². The van der Waals surface area contributed by atoms with Gasteiger partial charge in [-0.3, -0.25) is 0 Å². The van der Waals surface area contributed by atoms with Gasteiger partial charge in [-0.1, -0.05) is 0 Å². The minimum absolute atomic E-state index is 0. The Morgan fingerprint density at radius 3 is 2.64 bits per heavy atom. The number of hydrogen-bond donors (Lipinski definition) is 1. The summed E-state index contributed by atoms with van der Waals surface area (Å²) in [5, 5.41) is 0. The lowest BCUT2D eigenvalue weighted by molar-refractivity contribution is 0.0336. The van der Waals surface area contributed by atoms with Crippen LogP contribution in [0.4, 0.5) is 0 Å². The van der Waals surface area contributed by atoms with Crippen LogP contribution in [0.15, 0.2) is 0 Å². The Kier molecular flexibility index (Phi) is 6.96. The molecule has 0 unspecified atom stereocenters. The first-order valence-corrected chi connectivity index (χ1v) is 3.77.